The summed E-state index contributed by atoms with van der Waals surface area (Å²) in [5.74, 6) is 0. The van der Waals surface area contributed by atoms with Gasteiger partial charge in [0.25, 0.3) is 0 Å². The maximum atomic E-state index is 9.51. The van der Waals surface area contributed by atoms with Crippen molar-refractivity contribution in [1.29, 1.82) is 0 Å². The van der Waals surface area contributed by atoms with Crippen LogP contribution < -0.4 is 5.73 Å². The molecule has 0 bridgehead atoms. The van der Waals surface area contributed by atoms with Crippen molar-refractivity contribution in [2.45, 2.75) is 38.4 Å². The molecule has 1 heterocycles. The Bertz CT molecular complexity index is 220. The van der Waals surface area contributed by atoms with Crippen LogP contribution in [0.5, 0.6) is 0 Å². The molecule has 18 heavy (non-hydrogen) atoms. The predicted molar refractivity (Wildman–Crippen MR) is 73.6 cm³/mol. The first-order chi connectivity index (χ1) is 8.63. The van der Waals surface area contributed by atoms with Gasteiger partial charge in [-0.3, -0.25) is 9.80 Å². The molecule has 1 aliphatic heterocycles. The van der Waals surface area contributed by atoms with Gasteiger partial charge in [0.05, 0.1) is 19.3 Å². The standard InChI is InChI=1S/C13H29N3O2/c1-4-11(2)15-5-7-16(8-6-15)13(9-17)12(14)10-18-3/h11-13,17H,4-10,14H2,1-3H3. The minimum Gasteiger partial charge on any atom is -0.395 e. The van der Waals surface area contributed by atoms with E-state index in [2.05, 4.69) is 23.6 Å². The molecule has 0 radical (unpaired) electrons. The van der Waals surface area contributed by atoms with Crippen molar-refractivity contribution in [2.75, 3.05) is 46.5 Å². The smallest absolute Gasteiger partial charge is 0.0629 e. The molecule has 0 amide bonds. The first kappa shape index (κ1) is 15.9. The van der Waals surface area contributed by atoms with E-state index in [0.717, 1.165) is 26.2 Å². The lowest BCUT2D eigenvalue weighted by atomic mass is 10.1. The molecule has 0 saturated carbocycles. The number of ether oxygens (including phenoxy) is 1. The molecule has 0 aromatic rings. The average molecular weight is 259 g/mol. The monoisotopic (exact) mass is 259 g/mol. The SMILES string of the molecule is CCC(C)N1CCN(C(CO)C(N)COC)CC1. The Kier molecular flexibility index (Phi) is 7.11. The maximum Gasteiger partial charge on any atom is 0.0629 e. The molecule has 0 aliphatic carbocycles. The minimum atomic E-state index is -0.116. The second kappa shape index (κ2) is 8.07. The van der Waals surface area contributed by atoms with E-state index in [0.29, 0.717) is 12.6 Å². The van der Waals surface area contributed by atoms with Crippen LogP contribution in [0, 0.1) is 0 Å². The lowest BCUT2D eigenvalue weighted by Gasteiger charge is -2.42. The molecule has 5 heteroatoms. The fourth-order valence-electron chi connectivity index (χ4n) is 2.59. The van der Waals surface area contributed by atoms with E-state index in [1.54, 1.807) is 7.11 Å². The Labute approximate surface area is 111 Å². The van der Waals surface area contributed by atoms with Crippen LogP contribution in [0.1, 0.15) is 20.3 Å². The Morgan fingerprint density at radius 3 is 2.22 bits per heavy atom. The number of nitrogens with two attached hydrogens (primary N) is 1. The highest BCUT2D eigenvalue weighted by atomic mass is 16.5. The van der Waals surface area contributed by atoms with E-state index in [1.165, 1.54) is 6.42 Å². The third-order valence-corrected chi connectivity index (χ3v) is 4.07. The van der Waals surface area contributed by atoms with Gasteiger partial charge in [-0.15, -0.1) is 0 Å². The van der Waals surface area contributed by atoms with Gasteiger partial charge in [0.2, 0.25) is 0 Å². The number of aliphatic hydroxyl groups excluding tert-OH is 1. The van der Waals surface area contributed by atoms with Gasteiger partial charge < -0.3 is 15.6 Å². The van der Waals surface area contributed by atoms with Gasteiger partial charge in [-0.1, -0.05) is 6.92 Å². The van der Waals surface area contributed by atoms with Crippen LogP contribution in [0.15, 0.2) is 0 Å². The van der Waals surface area contributed by atoms with Crippen LogP contribution in [0.25, 0.3) is 0 Å². The van der Waals surface area contributed by atoms with Gasteiger partial charge in [-0.2, -0.15) is 0 Å². The highest BCUT2D eigenvalue weighted by Crippen LogP contribution is 2.12. The van der Waals surface area contributed by atoms with Crippen LogP contribution >= 0.6 is 0 Å². The van der Waals surface area contributed by atoms with Crippen molar-refractivity contribution in [3.05, 3.63) is 0 Å². The van der Waals surface area contributed by atoms with E-state index in [4.69, 9.17) is 10.5 Å². The van der Waals surface area contributed by atoms with Crippen LogP contribution in [0.4, 0.5) is 0 Å². The van der Waals surface area contributed by atoms with Gasteiger partial charge in [-0.05, 0) is 13.3 Å². The molecule has 0 spiro atoms. The average Bonchev–Trinajstić information content (AvgIpc) is 2.40. The number of aliphatic hydroxyl groups is 1. The maximum absolute atomic E-state index is 9.51. The first-order valence-corrected chi connectivity index (χ1v) is 6.97. The van der Waals surface area contributed by atoms with Crippen molar-refractivity contribution >= 4 is 0 Å². The Balaban J connectivity index is 2.44. The molecule has 1 fully saturated rings. The van der Waals surface area contributed by atoms with Gasteiger partial charge in [0, 0.05) is 45.4 Å². The first-order valence-electron chi connectivity index (χ1n) is 6.97. The molecule has 5 nitrogen and oxygen atoms in total. The van der Waals surface area contributed by atoms with Gasteiger partial charge in [-0.25, -0.2) is 0 Å². The summed E-state index contributed by atoms with van der Waals surface area (Å²) in [6.07, 6.45) is 1.19. The van der Waals surface area contributed by atoms with Crippen molar-refractivity contribution in [2.24, 2.45) is 5.73 Å². The predicted octanol–water partition coefficient (Wildman–Crippen LogP) is -0.263. The molecule has 1 rings (SSSR count). The zero-order chi connectivity index (χ0) is 13.5. The summed E-state index contributed by atoms with van der Waals surface area (Å²) in [6, 6.07) is 0.548. The molecule has 3 N–H and O–H groups in total. The van der Waals surface area contributed by atoms with Crippen LogP contribution in [-0.2, 0) is 4.74 Å². The second-order valence-corrected chi connectivity index (χ2v) is 5.20. The third kappa shape index (κ3) is 4.17. The summed E-state index contributed by atoms with van der Waals surface area (Å²) in [5, 5.41) is 9.51. The molecule has 1 aliphatic rings. The molecule has 3 unspecified atom stereocenters. The zero-order valence-electron chi connectivity index (χ0n) is 12.0. The summed E-state index contributed by atoms with van der Waals surface area (Å²) in [6.45, 7) is 9.18. The minimum absolute atomic E-state index is 0.0176. The van der Waals surface area contributed by atoms with Gasteiger partial charge in [0.15, 0.2) is 0 Å². The molecule has 3 atom stereocenters. The van der Waals surface area contributed by atoms with Crippen molar-refractivity contribution in [3.8, 4) is 0 Å². The fourth-order valence-corrected chi connectivity index (χ4v) is 2.59. The zero-order valence-corrected chi connectivity index (χ0v) is 12.0. The summed E-state index contributed by atoms with van der Waals surface area (Å²) in [4.78, 5) is 4.80. The Morgan fingerprint density at radius 1 is 1.22 bits per heavy atom. The number of rotatable bonds is 7. The molecule has 0 aromatic heterocycles. The Hall–Kier alpha value is -0.200. The lowest BCUT2D eigenvalue weighted by Crippen LogP contribution is -2.59. The topological polar surface area (TPSA) is 62.0 Å². The molecule has 108 valence electrons. The second-order valence-electron chi connectivity index (χ2n) is 5.20. The lowest BCUT2D eigenvalue weighted by molar-refractivity contribution is 0.0257. The normalized spacial score (nSPS) is 23.8. The van der Waals surface area contributed by atoms with Crippen LogP contribution in [-0.4, -0.2) is 79.5 Å². The van der Waals surface area contributed by atoms with E-state index in [-0.39, 0.29) is 18.7 Å². The number of methoxy groups -OCH3 is 1. The van der Waals surface area contributed by atoms with Crippen molar-refractivity contribution in [3.63, 3.8) is 0 Å². The molecule has 1 saturated heterocycles. The summed E-state index contributed by atoms with van der Waals surface area (Å²) in [5.41, 5.74) is 6.05. The number of piperazine rings is 1. The quantitative estimate of drug-likeness (QED) is 0.659. The number of hydrogen-bond donors (Lipinski definition) is 2. The van der Waals surface area contributed by atoms with E-state index in [9.17, 15) is 5.11 Å². The van der Waals surface area contributed by atoms with Crippen molar-refractivity contribution < 1.29 is 9.84 Å². The van der Waals surface area contributed by atoms with Gasteiger partial charge >= 0.3 is 0 Å². The van der Waals surface area contributed by atoms with Gasteiger partial charge in [0.1, 0.15) is 0 Å². The van der Waals surface area contributed by atoms with Crippen molar-refractivity contribution in [1.82, 2.24) is 9.80 Å². The number of nitrogens with zero attached hydrogens (tertiary/aromatic N) is 2. The highest BCUT2D eigenvalue weighted by molar-refractivity contribution is 4.86. The van der Waals surface area contributed by atoms with E-state index < -0.39 is 0 Å². The number of hydrogen-bond acceptors (Lipinski definition) is 5. The fraction of sp³-hybridized carbons (Fsp3) is 1.00. The summed E-state index contributed by atoms with van der Waals surface area (Å²) >= 11 is 0. The van der Waals surface area contributed by atoms with Crippen LogP contribution in [0.2, 0.25) is 0 Å². The molecule has 0 aromatic carbocycles. The van der Waals surface area contributed by atoms with Crippen LogP contribution in [0.3, 0.4) is 0 Å². The summed E-state index contributed by atoms with van der Waals surface area (Å²) < 4.78 is 5.08. The Morgan fingerprint density at radius 2 is 1.78 bits per heavy atom. The van der Waals surface area contributed by atoms with E-state index >= 15 is 0 Å². The highest BCUT2D eigenvalue weighted by Gasteiger charge is 2.28. The summed E-state index contributed by atoms with van der Waals surface area (Å²) in [7, 11) is 1.65. The third-order valence-electron chi connectivity index (χ3n) is 4.07. The largest absolute Gasteiger partial charge is 0.395 e. The molecular weight excluding hydrogens is 230 g/mol. The molecular formula is C13H29N3O2. The van der Waals surface area contributed by atoms with E-state index in [1.807, 2.05) is 0 Å².